The summed E-state index contributed by atoms with van der Waals surface area (Å²) in [5.41, 5.74) is 0.780. The van der Waals surface area contributed by atoms with Crippen LogP contribution in [0.15, 0.2) is 24.3 Å². The van der Waals surface area contributed by atoms with Gasteiger partial charge < -0.3 is 14.8 Å². The number of hydrogen-bond acceptors (Lipinski definition) is 3. The van der Waals surface area contributed by atoms with Gasteiger partial charge in [0.15, 0.2) is 0 Å². The minimum Gasteiger partial charge on any atom is -0.435 e. The molecule has 0 radical (unpaired) electrons. The zero-order valence-corrected chi connectivity index (χ0v) is 10.9. The molecule has 0 atom stereocenters. The Hall–Kier alpha value is -1.20. The first-order chi connectivity index (χ1) is 8.43. The fourth-order valence-corrected chi connectivity index (χ4v) is 1.37. The quantitative estimate of drug-likeness (QED) is 0.816. The van der Waals surface area contributed by atoms with E-state index in [4.69, 9.17) is 4.74 Å². The minimum absolute atomic E-state index is 0.172. The molecule has 0 fully saturated rings. The van der Waals surface area contributed by atoms with Gasteiger partial charge in [0.05, 0.1) is 5.60 Å². The maximum Gasteiger partial charge on any atom is 0.387 e. The monoisotopic (exact) mass is 259 g/mol. The molecule has 1 aromatic carbocycles. The molecule has 0 aliphatic carbocycles. The lowest BCUT2D eigenvalue weighted by Gasteiger charge is -2.23. The molecule has 3 nitrogen and oxygen atoms in total. The summed E-state index contributed by atoms with van der Waals surface area (Å²) in [7, 11) is 1.66. The van der Waals surface area contributed by atoms with E-state index in [1.54, 1.807) is 19.2 Å². The van der Waals surface area contributed by atoms with Crippen molar-refractivity contribution in [3.8, 4) is 5.75 Å². The third kappa shape index (κ3) is 5.42. The second-order valence-electron chi connectivity index (χ2n) is 4.59. The molecule has 0 aliphatic rings. The summed E-state index contributed by atoms with van der Waals surface area (Å²) in [4.78, 5) is 0. The van der Waals surface area contributed by atoms with E-state index in [2.05, 4.69) is 10.1 Å². The van der Waals surface area contributed by atoms with Crippen LogP contribution in [0.3, 0.4) is 0 Å². The summed E-state index contributed by atoms with van der Waals surface area (Å²) < 4.78 is 33.4. The van der Waals surface area contributed by atoms with Crippen LogP contribution in [0.1, 0.15) is 19.4 Å². The van der Waals surface area contributed by atoms with Crippen molar-refractivity contribution in [1.82, 2.24) is 5.32 Å². The zero-order chi connectivity index (χ0) is 13.6. The van der Waals surface area contributed by atoms with E-state index in [0.29, 0.717) is 13.1 Å². The first-order valence-electron chi connectivity index (χ1n) is 5.72. The maximum atomic E-state index is 11.9. The predicted molar refractivity (Wildman–Crippen MR) is 65.9 cm³/mol. The molecule has 1 rings (SSSR count). The molecule has 0 bridgehead atoms. The highest BCUT2D eigenvalue weighted by Gasteiger charge is 2.14. The van der Waals surface area contributed by atoms with Crippen molar-refractivity contribution in [1.29, 1.82) is 0 Å². The highest BCUT2D eigenvalue weighted by atomic mass is 19.3. The van der Waals surface area contributed by atoms with Gasteiger partial charge in [-0.2, -0.15) is 8.78 Å². The van der Waals surface area contributed by atoms with Gasteiger partial charge in [-0.05, 0) is 31.5 Å². The number of rotatable bonds is 7. The van der Waals surface area contributed by atoms with Gasteiger partial charge in [-0.3, -0.25) is 0 Å². The van der Waals surface area contributed by atoms with Gasteiger partial charge in [0.1, 0.15) is 5.75 Å². The van der Waals surface area contributed by atoms with E-state index in [-0.39, 0.29) is 11.4 Å². The van der Waals surface area contributed by atoms with Crippen LogP contribution in [0, 0.1) is 0 Å². The van der Waals surface area contributed by atoms with Crippen LogP contribution in [0.5, 0.6) is 5.75 Å². The summed E-state index contributed by atoms with van der Waals surface area (Å²) in [6, 6.07) is 6.57. The van der Waals surface area contributed by atoms with Gasteiger partial charge in [-0.25, -0.2) is 0 Å². The lowest BCUT2D eigenvalue weighted by atomic mass is 10.1. The third-order valence-electron chi connectivity index (χ3n) is 2.58. The molecule has 0 amide bonds. The maximum absolute atomic E-state index is 11.9. The molecule has 0 aromatic heterocycles. The summed E-state index contributed by atoms with van der Waals surface area (Å²) >= 11 is 0. The molecule has 102 valence electrons. The van der Waals surface area contributed by atoms with E-state index in [0.717, 1.165) is 5.56 Å². The Morgan fingerprint density at radius 1 is 1.22 bits per heavy atom. The van der Waals surface area contributed by atoms with Gasteiger partial charge in [0.25, 0.3) is 0 Å². The number of alkyl halides is 2. The molecular weight excluding hydrogens is 240 g/mol. The van der Waals surface area contributed by atoms with Gasteiger partial charge in [0, 0.05) is 20.2 Å². The topological polar surface area (TPSA) is 30.5 Å². The Kier molecular flexibility index (Phi) is 5.50. The van der Waals surface area contributed by atoms with Crippen molar-refractivity contribution in [2.75, 3.05) is 13.7 Å². The van der Waals surface area contributed by atoms with Crippen molar-refractivity contribution in [2.24, 2.45) is 0 Å². The molecule has 0 aliphatic heterocycles. The van der Waals surface area contributed by atoms with E-state index in [9.17, 15) is 8.78 Å². The Bertz CT molecular complexity index is 353. The van der Waals surface area contributed by atoms with E-state index < -0.39 is 6.61 Å². The Morgan fingerprint density at radius 2 is 1.83 bits per heavy atom. The Morgan fingerprint density at radius 3 is 2.33 bits per heavy atom. The number of hydrogen-bond donors (Lipinski definition) is 1. The number of benzene rings is 1. The number of ether oxygens (including phenoxy) is 2. The second kappa shape index (κ2) is 6.66. The largest absolute Gasteiger partial charge is 0.435 e. The van der Waals surface area contributed by atoms with Crippen molar-refractivity contribution < 1.29 is 18.3 Å². The van der Waals surface area contributed by atoms with Gasteiger partial charge in [0.2, 0.25) is 0 Å². The Balaban J connectivity index is 2.40. The van der Waals surface area contributed by atoms with Crippen LogP contribution in [0.4, 0.5) is 8.78 Å². The average molecular weight is 259 g/mol. The van der Waals surface area contributed by atoms with Crippen LogP contribution in [0.25, 0.3) is 0 Å². The van der Waals surface area contributed by atoms with Crippen LogP contribution in [-0.2, 0) is 11.3 Å². The molecule has 1 N–H and O–H groups in total. The lowest BCUT2D eigenvalue weighted by molar-refractivity contribution is -0.0498. The molecule has 5 heteroatoms. The molecule has 0 heterocycles. The smallest absolute Gasteiger partial charge is 0.387 e. The van der Waals surface area contributed by atoms with E-state index in [1.165, 1.54) is 12.1 Å². The molecule has 0 unspecified atom stereocenters. The second-order valence-corrected chi connectivity index (χ2v) is 4.59. The van der Waals surface area contributed by atoms with Crippen molar-refractivity contribution in [2.45, 2.75) is 32.6 Å². The van der Waals surface area contributed by atoms with Crippen LogP contribution in [-0.4, -0.2) is 25.9 Å². The highest BCUT2D eigenvalue weighted by Crippen LogP contribution is 2.15. The van der Waals surface area contributed by atoms with Crippen LogP contribution < -0.4 is 10.1 Å². The summed E-state index contributed by atoms with van der Waals surface area (Å²) in [6.07, 6.45) is 0. The number of halogens is 2. The minimum atomic E-state index is -2.78. The van der Waals surface area contributed by atoms with Crippen LogP contribution in [0.2, 0.25) is 0 Å². The SMILES string of the molecule is COC(C)(C)CNCc1ccc(OC(F)F)cc1. The number of nitrogens with one attached hydrogen (secondary N) is 1. The molecule has 0 saturated carbocycles. The van der Waals surface area contributed by atoms with Crippen molar-refractivity contribution >= 4 is 0 Å². The first-order valence-corrected chi connectivity index (χ1v) is 5.72. The van der Waals surface area contributed by atoms with Crippen molar-refractivity contribution in [3.05, 3.63) is 29.8 Å². The molecular formula is C13H19F2NO2. The lowest BCUT2D eigenvalue weighted by Crippen LogP contribution is -2.36. The molecule has 0 saturated heterocycles. The van der Waals surface area contributed by atoms with Crippen LogP contribution >= 0.6 is 0 Å². The third-order valence-corrected chi connectivity index (χ3v) is 2.58. The van der Waals surface area contributed by atoms with Gasteiger partial charge in [-0.1, -0.05) is 12.1 Å². The molecule has 0 spiro atoms. The summed E-state index contributed by atoms with van der Waals surface area (Å²) in [5.74, 6) is 0.172. The normalized spacial score (nSPS) is 11.9. The van der Waals surface area contributed by atoms with E-state index >= 15 is 0 Å². The standard InChI is InChI=1S/C13H19F2NO2/c1-13(2,17-3)9-16-8-10-4-6-11(7-5-10)18-12(14)15/h4-7,12,16H,8-9H2,1-3H3. The van der Waals surface area contributed by atoms with E-state index in [1.807, 2.05) is 13.8 Å². The van der Waals surface area contributed by atoms with Crippen molar-refractivity contribution in [3.63, 3.8) is 0 Å². The summed E-state index contributed by atoms with van der Waals surface area (Å²) in [5, 5.41) is 3.24. The number of methoxy groups -OCH3 is 1. The molecule has 1 aromatic rings. The molecule has 18 heavy (non-hydrogen) atoms. The fraction of sp³-hybridized carbons (Fsp3) is 0.538. The predicted octanol–water partition coefficient (Wildman–Crippen LogP) is 2.80. The average Bonchev–Trinajstić information content (AvgIpc) is 2.30. The fourth-order valence-electron chi connectivity index (χ4n) is 1.37. The zero-order valence-electron chi connectivity index (χ0n) is 10.9. The van der Waals surface area contributed by atoms with Gasteiger partial charge >= 0.3 is 6.61 Å². The van der Waals surface area contributed by atoms with Gasteiger partial charge in [-0.15, -0.1) is 0 Å². The highest BCUT2D eigenvalue weighted by molar-refractivity contribution is 5.27. The Labute approximate surface area is 106 Å². The first kappa shape index (κ1) is 14.9. The summed E-state index contributed by atoms with van der Waals surface area (Å²) in [6.45, 7) is 2.55.